The second kappa shape index (κ2) is 5.54. The highest BCUT2D eigenvalue weighted by atomic mass is 16.5. The van der Waals surface area contributed by atoms with Gasteiger partial charge < -0.3 is 10.5 Å². The summed E-state index contributed by atoms with van der Waals surface area (Å²) in [5.41, 5.74) is 8.51. The van der Waals surface area contributed by atoms with Crippen molar-refractivity contribution >= 4 is 0 Å². The first kappa shape index (κ1) is 14.4. The molecule has 1 fully saturated rings. The van der Waals surface area contributed by atoms with E-state index in [9.17, 15) is 0 Å². The summed E-state index contributed by atoms with van der Waals surface area (Å²) in [5.74, 6) is 1.58. The van der Waals surface area contributed by atoms with Crippen LogP contribution in [0.25, 0.3) is 0 Å². The van der Waals surface area contributed by atoms with E-state index in [1.54, 1.807) is 0 Å². The molecule has 19 heavy (non-hydrogen) atoms. The van der Waals surface area contributed by atoms with Crippen LogP contribution in [0.1, 0.15) is 51.2 Å². The van der Waals surface area contributed by atoms with Crippen molar-refractivity contribution in [1.82, 2.24) is 0 Å². The molecule has 1 saturated carbocycles. The van der Waals surface area contributed by atoms with Crippen molar-refractivity contribution in [3.8, 4) is 5.75 Å². The van der Waals surface area contributed by atoms with Crippen LogP contribution in [0.2, 0.25) is 0 Å². The van der Waals surface area contributed by atoms with Crippen LogP contribution in [-0.4, -0.2) is 12.6 Å². The Labute approximate surface area is 117 Å². The van der Waals surface area contributed by atoms with Gasteiger partial charge in [0.15, 0.2) is 0 Å². The van der Waals surface area contributed by atoms with Gasteiger partial charge in [0.05, 0.1) is 0 Å². The smallest absolute Gasteiger partial charge is 0.123 e. The number of hydrogen-bond acceptors (Lipinski definition) is 2. The van der Waals surface area contributed by atoms with Gasteiger partial charge in [-0.1, -0.05) is 32.9 Å². The minimum absolute atomic E-state index is 0.111. The van der Waals surface area contributed by atoms with E-state index in [1.165, 1.54) is 24.0 Å². The van der Waals surface area contributed by atoms with E-state index >= 15 is 0 Å². The summed E-state index contributed by atoms with van der Waals surface area (Å²) >= 11 is 0. The van der Waals surface area contributed by atoms with Gasteiger partial charge in [-0.05, 0) is 55.3 Å². The van der Waals surface area contributed by atoms with Crippen molar-refractivity contribution in [3.63, 3.8) is 0 Å². The molecular formula is C17H27NO. The first-order chi connectivity index (χ1) is 8.91. The van der Waals surface area contributed by atoms with Crippen molar-refractivity contribution in [3.05, 3.63) is 29.3 Å². The monoisotopic (exact) mass is 261 g/mol. The maximum atomic E-state index is 6.34. The molecule has 0 heterocycles. The minimum Gasteiger partial charge on any atom is -0.490 e. The fraction of sp³-hybridized carbons (Fsp3) is 0.647. The lowest BCUT2D eigenvalue weighted by atomic mass is 9.86. The first-order valence-electron chi connectivity index (χ1n) is 7.39. The third kappa shape index (κ3) is 3.30. The normalized spacial score (nSPS) is 23.6. The molecule has 2 heteroatoms. The van der Waals surface area contributed by atoms with E-state index in [0.29, 0.717) is 12.0 Å². The largest absolute Gasteiger partial charge is 0.490 e. The maximum absolute atomic E-state index is 6.34. The second-order valence-electron chi connectivity index (χ2n) is 6.83. The Balaban J connectivity index is 2.26. The summed E-state index contributed by atoms with van der Waals surface area (Å²) in [6, 6.07) is 6.55. The lowest BCUT2D eigenvalue weighted by Crippen LogP contribution is -2.28. The number of aryl methyl sites for hydroxylation is 1. The highest BCUT2D eigenvalue weighted by Crippen LogP contribution is 2.36. The first-order valence-corrected chi connectivity index (χ1v) is 7.39. The Morgan fingerprint density at radius 3 is 2.63 bits per heavy atom. The van der Waals surface area contributed by atoms with Gasteiger partial charge >= 0.3 is 0 Å². The average molecular weight is 261 g/mol. The predicted molar refractivity (Wildman–Crippen MR) is 80.7 cm³/mol. The predicted octanol–water partition coefficient (Wildman–Crippen LogP) is 3.80. The molecule has 2 nitrogen and oxygen atoms in total. The molecule has 2 atom stereocenters. The zero-order valence-electron chi connectivity index (χ0n) is 12.7. The number of hydrogen-bond donors (Lipinski definition) is 1. The molecule has 0 aliphatic heterocycles. The maximum Gasteiger partial charge on any atom is 0.123 e. The molecule has 1 aliphatic carbocycles. The number of ether oxygens (including phenoxy) is 1. The van der Waals surface area contributed by atoms with Crippen LogP contribution in [0, 0.1) is 12.8 Å². The van der Waals surface area contributed by atoms with Crippen LogP contribution in [0.4, 0.5) is 0 Å². The molecule has 2 N–H and O–H groups in total. The molecule has 2 unspecified atom stereocenters. The average Bonchev–Trinajstić information content (AvgIpc) is 2.74. The molecule has 0 bridgehead atoms. The van der Waals surface area contributed by atoms with Gasteiger partial charge in [-0.3, -0.25) is 0 Å². The van der Waals surface area contributed by atoms with Crippen molar-refractivity contribution < 1.29 is 4.74 Å². The molecule has 0 spiro atoms. The fourth-order valence-corrected chi connectivity index (χ4v) is 2.94. The standard InChI is InChI=1S/C17H27NO/c1-12-8-9-14(17(2,3)4)16(10-12)19-15-7-5-6-13(15)11-18/h8-10,13,15H,5-7,11,18H2,1-4H3. The van der Waals surface area contributed by atoms with Gasteiger partial charge in [-0.25, -0.2) is 0 Å². The quantitative estimate of drug-likeness (QED) is 0.898. The van der Waals surface area contributed by atoms with Gasteiger partial charge in [0.1, 0.15) is 11.9 Å². The molecule has 0 amide bonds. The third-order valence-corrected chi connectivity index (χ3v) is 4.12. The van der Waals surface area contributed by atoms with Crippen LogP contribution >= 0.6 is 0 Å². The van der Waals surface area contributed by atoms with E-state index in [1.807, 2.05) is 0 Å². The Bertz CT molecular complexity index is 433. The molecule has 2 rings (SSSR count). The van der Waals surface area contributed by atoms with Crippen molar-refractivity contribution in [1.29, 1.82) is 0 Å². The topological polar surface area (TPSA) is 35.2 Å². The van der Waals surface area contributed by atoms with Crippen LogP contribution in [0.5, 0.6) is 5.75 Å². The lowest BCUT2D eigenvalue weighted by molar-refractivity contribution is 0.159. The van der Waals surface area contributed by atoms with E-state index in [0.717, 1.165) is 18.7 Å². The molecule has 0 saturated heterocycles. The zero-order valence-corrected chi connectivity index (χ0v) is 12.7. The number of benzene rings is 1. The Morgan fingerprint density at radius 1 is 1.26 bits per heavy atom. The highest BCUT2D eigenvalue weighted by molar-refractivity contribution is 5.41. The SMILES string of the molecule is Cc1ccc(C(C)(C)C)c(OC2CCCC2CN)c1. The second-order valence-corrected chi connectivity index (χ2v) is 6.83. The lowest BCUT2D eigenvalue weighted by Gasteiger charge is -2.27. The van der Waals surface area contributed by atoms with Crippen molar-refractivity contribution in [2.75, 3.05) is 6.54 Å². The molecule has 0 aromatic heterocycles. The zero-order chi connectivity index (χ0) is 14.0. The van der Waals surface area contributed by atoms with Gasteiger partial charge in [0.2, 0.25) is 0 Å². The van der Waals surface area contributed by atoms with E-state index < -0.39 is 0 Å². The summed E-state index contributed by atoms with van der Waals surface area (Å²) in [6.45, 7) is 9.56. The Morgan fingerprint density at radius 2 is 2.00 bits per heavy atom. The molecule has 1 aromatic rings. The fourth-order valence-electron chi connectivity index (χ4n) is 2.94. The van der Waals surface area contributed by atoms with E-state index in [4.69, 9.17) is 10.5 Å². The Hall–Kier alpha value is -1.02. The molecule has 1 aliphatic rings. The molecule has 106 valence electrons. The molecule has 0 radical (unpaired) electrons. The van der Waals surface area contributed by atoms with Crippen LogP contribution in [0.3, 0.4) is 0 Å². The van der Waals surface area contributed by atoms with Crippen LogP contribution < -0.4 is 10.5 Å². The molecule has 1 aromatic carbocycles. The van der Waals surface area contributed by atoms with Gasteiger partial charge in [0.25, 0.3) is 0 Å². The summed E-state index contributed by atoms with van der Waals surface area (Å²) in [6.07, 6.45) is 3.88. The van der Waals surface area contributed by atoms with Gasteiger partial charge in [-0.15, -0.1) is 0 Å². The van der Waals surface area contributed by atoms with Crippen molar-refractivity contribution in [2.24, 2.45) is 11.7 Å². The minimum atomic E-state index is 0.111. The number of nitrogens with two attached hydrogens (primary N) is 1. The highest BCUT2D eigenvalue weighted by Gasteiger charge is 2.29. The van der Waals surface area contributed by atoms with E-state index in [2.05, 4.69) is 45.9 Å². The van der Waals surface area contributed by atoms with Gasteiger partial charge in [0, 0.05) is 5.92 Å². The Kier molecular flexibility index (Phi) is 4.19. The van der Waals surface area contributed by atoms with Crippen LogP contribution in [0.15, 0.2) is 18.2 Å². The van der Waals surface area contributed by atoms with Crippen molar-refractivity contribution in [2.45, 2.75) is 58.5 Å². The van der Waals surface area contributed by atoms with Gasteiger partial charge in [-0.2, -0.15) is 0 Å². The third-order valence-electron chi connectivity index (χ3n) is 4.12. The summed E-state index contributed by atoms with van der Waals surface area (Å²) in [7, 11) is 0. The number of rotatable bonds is 3. The van der Waals surface area contributed by atoms with E-state index in [-0.39, 0.29) is 5.41 Å². The summed E-state index contributed by atoms with van der Waals surface area (Å²) in [5, 5.41) is 0. The molecular weight excluding hydrogens is 234 g/mol. The summed E-state index contributed by atoms with van der Waals surface area (Å²) < 4.78 is 6.34. The van der Waals surface area contributed by atoms with Crippen LogP contribution in [-0.2, 0) is 5.41 Å². The summed E-state index contributed by atoms with van der Waals surface area (Å²) in [4.78, 5) is 0.